The van der Waals surface area contributed by atoms with Crippen LogP contribution in [0.3, 0.4) is 0 Å². The van der Waals surface area contributed by atoms with E-state index in [4.69, 9.17) is 9.15 Å². The fourth-order valence-corrected chi connectivity index (χ4v) is 3.00. The Kier molecular flexibility index (Phi) is 9.08. The Balaban J connectivity index is 1.83. The Bertz CT molecular complexity index is 649. The van der Waals surface area contributed by atoms with Crippen LogP contribution >= 0.6 is 0 Å². The standard InChI is InChI=1S/C22H32N2O3/c1-4-24(5-2)13-16-26-15-12-23-22(25)21(17-20-7-6-14-27-20)19-10-8-18(3)9-11-19/h6-11,14,21H,4-5,12-13,15-17H2,1-3H3,(H,23,25). The number of ether oxygens (including phenoxy) is 1. The lowest BCUT2D eigenvalue weighted by Crippen LogP contribution is -2.34. The third kappa shape index (κ3) is 7.19. The SMILES string of the molecule is CCN(CC)CCOCCNC(=O)C(Cc1ccco1)c1ccc(C)cc1. The second-order valence-corrected chi connectivity index (χ2v) is 6.68. The van der Waals surface area contributed by atoms with E-state index in [-0.39, 0.29) is 11.8 Å². The number of likely N-dealkylation sites (N-methyl/N-ethyl adjacent to an activating group) is 1. The molecule has 148 valence electrons. The molecule has 0 spiro atoms. The van der Waals surface area contributed by atoms with Crippen LogP contribution in [0.1, 0.15) is 36.7 Å². The number of carbonyl (C=O) groups excluding carboxylic acids is 1. The van der Waals surface area contributed by atoms with Gasteiger partial charge in [0.15, 0.2) is 0 Å². The van der Waals surface area contributed by atoms with Crippen LogP contribution in [-0.4, -0.2) is 50.2 Å². The van der Waals surface area contributed by atoms with Crippen molar-refractivity contribution in [3.8, 4) is 0 Å². The first-order valence-corrected chi connectivity index (χ1v) is 9.80. The van der Waals surface area contributed by atoms with Crippen LogP contribution in [0.4, 0.5) is 0 Å². The Morgan fingerprint density at radius 2 is 1.89 bits per heavy atom. The summed E-state index contributed by atoms with van der Waals surface area (Å²) < 4.78 is 11.1. The molecule has 1 N–H and O–H groups in total. The van der Waals surface area contributed by atoms with Gasteiger partial charge in [-0.1, -0.05) is 43.7 Å². The van der Waals surface area contributed by atoms with Crippen LogP contribution < -0.4 is 5.32 Å². The summed E-state index contributed by atoms with van der Waals surface area (Å²) in [5.41, 5.74) is 2.18. The first-order valence-electron chi connectivity index (χ1n) is 9.80. The van der Waals surface area contributed by atoms with E-state index in [1.165, 1.54) is 5.56 Å². The quantitative estimate of drug-likeness (QED) is 0.580. The van der Waals surface area contributed by atoms with E-state index in [0.29, 0.717) is 26.2 Å². The summed E-state index contributed by atoms with van der Waals surface area (Å²) >= 11 is 0. The average molecular weight is 373 g/mol. The highest BCUT2D eigenvalue weighted by Crippen LogP contribution is 2.22. The first-order chi connectivity index (χ1) is 13.1. The van der Waals surface area contributed by atoms with Crippen molar-refractivity contribution in [1.29, 1.82) is 0 Å². The predicted molar refractivity (Wildman–Crippen MR) is 108 cm³/mol. The fourth-order valence-electron chi connectivity index (χ4n) is 3.00. The lowest BCUT2D eigenvalue weighted by atomic mass is 9.93. The zero-order valence-electron chi connectivity index (χ0n) is 16.7. The molecular weight excluding hydrogens is 340 g/mol. The maximum Gasteiger partial charge on any atom is 0.228 e. The zero-order valence-corrected chi connectivity index (χ0v) is 16.7. The number of hydrogen-bond acceptors (Lipinski definition) is 4. The van der Waals surface area contributed by atoms with Crippen molar-refractivity contribution < 1.29 is 13.9 Å². The van der Waals surface area contributed by atoms with Gasteiger partial charge in [0.1, 0.15) is 5.76 Å². The number of benzene rings is 1. The Morgan fingerprint density at radius 1 is 1.15 bits per heavy atom. The summed E-state index contributed by atoms with van der Waals surface area (Å²) in [5.74, 6) is 0.543. The van der Waals surface area contributed by atoms with Gasteiger partial charge in [0, 0.05) is 19.5 Å². The van der Waals surface area contributed by atoms with E-state index in [1.807, 2.05) is 43.3 Å². The van der Waals surface area contributed by atoms with Crippen molar-refractivity contribution in [2.75, 3.05) is 39.4 Å². The molecule has 5 nitrogen and oxygen atoms in total. The minimum absolute atomic E-state index is 0.00240. The summed E-state index contributed by atoms with van der Waals surface area (Å²) in [5, 5.41) is 3.01. The maximum atomic E-state index is 12.8. The molecule has 2 rings (SSSR count). The van der Waals surface area contributed by atoms with Gasteiger partial charge >= 0.3 is 0 Å². The van der Waals surface area contributed by atoms with Crippen LogP contribution in [-0.2, 0) is 16.0 Å². The van der Waals surface area contributed by atoms with E-state index in [1.54, 1.807) is 6.26 Å². The topological polar surface area (TPSA) is 54.7 Å². The number of rotatable bonds is 12. The number of nitrogens with zero attached hydrogens (tertiary/aromatic N) is 1. The highest BCUT2D eigenvalue weighted by Gasteiger charge is 2.22. The van der Waals surface area contributed by atoms with E-state index >= 15 is 0 Å². The summed E-state index contributed by atoms with van der Waals surface area (Å²) in [6.07, 6.45) is 2.19. The van der Waals surface area contributed by atoms with Crippen molar-refractivity contribution in [3.05, 3.63) is 59.5 Å². The van der Waals surface area contributed by atoms with Gasteiger partial charge < -0.3 is 19.4 Å². The minimum Gasteiger partial charge on any atom is -0.469 e. The molecular formula is C22H32N2O3. The largest absolute Gasteiger partial charge is 0.469 e. The van der Waals surface area contributed by atoms with Gasteiger partial charge in [-0.25, -0.2) is 0 Å². The molecule has 0 fully saturated rings. The molecule has 1 amide bonds. The molecule has 1 heterocycles. The second-order valence-electron chi connectivity index (χ2n) is 6.68. The summed E-state index contributed by atoms with van der Waals surface area (Å²) in [6.45, 7) is 11.0. The number of amides is 1. The predicted octanol–water partition coefficient (Wildman–Crippen LogP) is 3.39. The molecule has 2 aromatic rings. The van der Waals surface area contributed by atoms with Gasteiger partial charge in [0.05, 0.1) is 25.4 Å². The smallest absolute Gasteiger partial charge is 0.228 e. The monoisotopic (exact) mass is 372 g/mol. The average Bonchev–Trinajstić information content (AvgIpc) is 3.19. The van der Waals surface area contributed by atoms with Gasteiger partial charge in [-0.2, -0.15) is 0 Å². The van der Waals surface area contributed by atoms with Crippen LogP contribution in [0, 0.1) is 6.92 Å². The van der Waals surface area contributed by atoms with Crippen molar-refractivity contribution >= 4 is 5.91 Å². The van der Waals surface area contributed by atoms with Gasteiger partial charge in [-0.3, -0.25) is 4.79 Å². The number of aryl methyl sites for hydroxylation is 1. The Hall–Kier alpha value is -2.11. The van der Waals surface area contributed by atoms with E-state index < -0.39 is 0 Å². The van der Waals surface area contributed by atoms with Crippen molar-refractivity contribution in [2.24, 2.45) is 0 Å². The highest BCUT2D eigenvalue weighted by molar-refractivity contribution is 5.83. The normalized spacial score (nSPS) is 12.3. The molecule has 1 atom stereocenters. The van der Waals surface area contributed by atoms with Crippen molar-refractivity contribution in [3.63, 3.8) is 0 Å². The molecule has 27 heavy (non-hydrogen) atoms. The number of carbonyl (C=O) groups is 1. The van der Waals surface area contributed by atoms with E-state index in [0.717, 1.165) is 31.0 Å². The van der Waals surface area contributed by atoms with Crippen LogP contribution in [0.25, 0.3) is 0 Å². The van der Waals surface area contributed by atoms with Gasteiger partial charge in [-0.05, 0) is 37.7 Å². The summed E-state index contributed by atoms with van der Waals surface area (Å²) in [4.78, 5) is 15.1. The third-order valence-electron chi connectivity index (χ3n) is 4.77. The molecule has 0 saturated carbocycles. The van der Waals surface area contributed by atoms with Crippen LogP contribution in [0.5, 0.6) is 0 Å². The van der Waals surface area contributed by atoms with Gasteiger partial charge in [0.25, 0.3) is 0 Å². The summed E-state index contributed by atoms with van der Waals surface area (Å²) in [6, 6.07) is 11.9. The molecule has 1 aromatic heterocycles. The molecule has 1 unspecified atom stereocenters. The van der Waals surface area contributed by atoms with Crippen LogP contribution in [0.15, 0.2) is 47.1 Å². The highest BCUT2D eigenvalue weighted by atomic mass is 16.5. The van der Waals surface area contributed by atoms with E-state index in [2.05, 4.69) is 24.1 Å². The number of nitrogens with one attached hydrogen (secondary N) is 1. The van der Waals surface area contributed by atoms with E-state index in [9.17, 15) is 4.79 Å². The zero-order chi connectivity index (χ0) is 19.5. The molecule has 0 bridgehead atoms. The molecule has 5 heteroatoms. The Labute approximate surface area is 162 Å². The summed E-state index contributed by atoms with van der Waals surface area (Å²) in [7, 11) is 0. The number of hydrogen-bond donors (Lipinski definition) is 1. The lowest BCUT2D eigenvalue weighted by Gasteiger charge is -2.18. The van der Waals surface area contributed by atoms with Crippen molar-refractivity contribution in [2.45, 2.75) is 33.1 Å². The third-order valence-corrected chi connectivity index (χ3v) is 4.77. The molecule has 0 radical (unpaired) electrons. The van der Waals surface area contributed by atoms with Crippen LogP contribution in [0.2, 0.25) is 0 Å². The fraction of sp³-hybridized carbons (Fsp3) is 0.500. The molecule has 0 aliphatic rings. The minimum atomic E-state index is -0.271. The van der Waals surface area contributed by atoms with Gasteiger partial charge in [-0.15, -0.1) is 0 Å². The second kappa shape index (κ2) is 11.6. The lowest BCUT2D eigenvalue weighted by molar-refractivity contribution is -0.122. The first kappa shape index (κ1) is 21.2. The molecule has 0 saturated heterocycles. The molecule has 0 aliphatic carbocycles. The van der Waals surface area contributed by atoms with Gasteiger partial charge in [0.2, 0.25) is 5.91 Å². The molecule has 0 aliphatic heterocycles. The number of furan rings is 1. The maximum absolute atomic E-state index is 12.8. The van der Waals surface area contributed by atoms with Crippen molar-refractivity contribution in [1.82, 2.24) is 10.2 Å². The molecule has 1 aromatic carbocycles. The Morgan fingerprint density at radius 3 is 2.52 bits per heavy atom.